The van der Waals surface area contributed by atoms with E-state index in [1.807, 2.05) is 18.2 Å². The molecule has 0 spiro atoms. The van der Waals surface area contributed by atoms with Gasteiger partial charge in [0.15, 0.2) is 5.82 Å². The van der Waals surface area contributed by atoms with Crippen LogP contribution in [0, 0.1) is 0 Å². The zero-order valence-corrected chi connectivity index (χ0v) is 14.4. The van der Waals surface area contributed by atoms with Crippen molar-refractivity contribution in [1.82, 2.24) is 20.2 Å². The molecule has 1 atom stereocenters. The number of rotatable bonds is 4. The van der Waals surface area contributed by atoms with Gasteiger partial charge in [-0.15, -0.1) is 0 Å². The smallest absolute Gasteiger partial charge is 0.255 e. The van der Waals surface area contributed by atoms with Crippen LogP contribution in [0.15, 0.2) is 39.4 Å². The number of benzene rings is 1. The molecule has 26 heavy (non-hydrogen) atoms. The van der Waals surface area contributed by atoms with E-state index >= 15 is 0 Å². The third-order valence-electron chi connectivity index (χ3n) is 5.01. The van der Waals surface area contributed by atoms with Crippen LogP contribution in [0.1, 0.15) is 42.0 Å². The second-order valence-electron chi connectivity index (χ2n) is 6.81. The fraction of sp³-hybridized carbons (Fsp3) is 0.421. The third kappa shape index (κ3) is 2.93. The number of nitrogens with zero attached hydrogens (tertiary/aromatic N) is 4. The van der Waals surface area contributed by atoms with E-state index in [0.717, 1.165) is 61.5 Å². The first-order valence-electron chi connectivity index (χ1n) is 9.06. The van der Waals surface area contributed by atoms with Crippen LogP contribution in [0.2, 0.25) is 0 Å². The zero-order valence-electron chi connectivity index (χ0n) is 14.4. The topological polar surface area (TPSA) is 77.4 Å². The lowest BCUT2D eigenvalue weighted by atomic mass is 10.0. The highest BCUT2D eigenvalue weighted by atomic mass is 16.5. The van der Waals surface area contributed by atoms with Crippen LogP contribution in [-0.4, -0.2) is 33.3 Å². The van der Waals surface area contributed by atoms with E-state index in [1.54, 1.807) is 0 Å². The Bertz CT molecular complexity index is 883. The van der Waals surface area contributed by atoms with E-state index in [0.29, 0.717) is 18.3 Å². The van der Waals surface area contributed by atoms with Crippen molar-refractivity contribution >= 4 is 0 Å². The summed E-state index contributed by atoms with van der Waals surface area (Å²) in [5.74, 6) is 2.29. The van der Waals surface area contributed by atoms with Gasteiger partial charge in [0.25, 0.3) is 5.89 Å². The van der Waals surface area contributed by atoms with Gasteiger partial charge >= 0.3 is 0 Å². The lowest BCUT2D eigenvalue weighted by molar-refractivity contribution is 0.0835. The average Bonchev–Trinajstić information content (AvgIpc) is 3.43. The van der Waals surface area contributed by atoms with Crippen molar-refractivity contribution in [1.29, 1.82) is 0 Å². The van der Waals surface area contributed by atoms with Crippen molar-refractivity contribution in [3.05, 3.63) is 53.4 Å². The molecule has 2 aliphatic heterocycles. The largest absolute Gasteiger partial charge is 0.368 e. The molecule has 0 N–H and O–H groups in total. The molecule has 2 aliphatic rings. The summed E-state index contributed by atoms with van der Waals surface area (Å²) < 4.78 is 16.6. The van der Waals surface area contributed by atoms with Gasteiger partial charge in [0.05, 0.1) is 6.54 Å². The van der Waals surface area contributed by atoms with E-state index in [2.05, 4.69) is 32.3 Å². The van der Waals surface area contributed by atoms with Gasteiger partial charge in [0.2, 0.25) is 0 Å². The predicted molar refractivity (Wildman–Crippen MR) is 92.0 cm³/mol. The van der Waals surface area contributed by atoms with Crippen LogP contribution in [0.5, 0.6) is 0 Å². The minimum atomic E-state index is -0.0352. The fourth-order valence-electron chi connectivity index (χ4n) is 3.66. The molecular weight excluding hydrogens is 332 g/mol. The minimum Gasteiger partial charge on any atom is -0.368 e. The van der Waals surface area contributed by atoms with E-state index in [1.165, 1.54) is 0 Å². The zero-order chi connectivity index (χ0) is 17.3. The molecule has 0 radical (unpaired) electrons. The molecule has 2 aromatic heterocycles. The molecule has 0 aliphatic carbocycles. The Morgan fingerprint density at radius 1 is 1.12 bits per heavy atom. The molecule has 1 saturated heterocycles. The van der Waals surface area contributed by atoms with E-state index in [4.69, 9.17) is 13.8 Å². The Kier molecular flexibility index (Phi) is 4.03. The summed E-state index contributed by atoms with van der Waals surface area (Å²) in [7, 11) is 0. The number of fused-ring (bicyclic) bond motifs is 1. The monoisotopic (exact) mass is 352 g/mol. The summed E-state index contributed by atoms with van der Waals surface area (Å²) in [4.78, 5) is 6.83. The third-order valence-corrected chi connectivity index (χ3v) is 5.01. The second-order valence-corrected chi connectivity index (χ2v) is 6.81. The maximum absolute atomic E-state index is 5.61. The summed E-state index contributed by atoms with van der Waals surface area (Å²) in [6.07, 6.45) is 2.81. The van der Waals surface area contributed by atoms with Crippen molar-refractivity contribution in [2.45, 2.75) is 38.5 Å². The Morgan fingerprint density at radius 3 is 2.88 bits per heavy atom. The highest BCUT2D eigenvalue weighted by Gasteiger charge is 2.27. The molecule has 0 unspecified atom stereocenters. The molecule has 3 aromatic rings. The number of ether oxygens (including phenoxy) is 1. The van der Waals surface area contributed by atoms with Gasteiger partial charge < -0.3 is 13.8 Å². The first-order chi connectivity index (χ1) is 12.9. The van der Waals surface area contributed by atoms with Crippen LogP contribution in [-0.2, 0) is 24.2 Å². The second kappa shape index (κ2) is 6.66. The lowest BCUT2D eigenvalue weighted by Crippen LogP contribution is -2.30. The first kappa shape index (κ1) is 15.7. The van der Waals surface area contributed by atoms with Gasteiger partial charge in [-0.3, -0.25) is 4.90 Å². The number of hydrogen-bond acceptors (Lipinski definition) is 7. The van der Waals surface area contributed by atoms with Crippen LogP contribution < -0.4 is 0 Å². The summed E-state index contributed by atoms with van der Waals surface area (Å²) in [6.45, 7) is 3.08. The highest BCUT2D eigenvalue weighted by molar-refractivity contribution is 5.63. The van der Waals surface area contributed by atoms with Gasteiger partial charge in [-0.1, -0.05) is 40.6 Å². The molecule has 1 fully saturated rings. The van der Waals surface area contributed by atoms with Crippen molar-refractivity contribution in [2.75, 3.05) is 13.2 Å². The van der Waals surface area contributed by atoms with Gasteiger partial charge in [-0.05, 0) is 12.8 Å². The van der Waals surface area contributed by atoms with Crippen LogP contribution in [0.4, 0.5) is 0 Å². The van der Waals surface area contributed by atoms with Crippen molar-refractivity contribution in [2.24, 2.45) is 0 Å². The van der Waals surface area contributed by atoms with E-state index in [9.17, 15) is 0 Å². The molecule has 4 heterocycles. The maximum atomic E-state index is 5.61. The van der Waals surface area contributed by atoms with Crippen molar-refractivity contribution in [3.8, 4) is 11.3 Å². The van der Waals surface area contributed by atoms with Crippen LogP contribution >= 0.6 is 0 Å². The van der Waals surface area contributed by atoms with E-state index < -0.39 is 0 Å². The number of aromatic nitrogens is 3. The van der Waals surface area contributed by atoms with Gasteiger partial charge in [0, 0.05) is 37.2 Å². The highest BCUT2D eigenvalue weighted by Crippen LogP contribution is 2.31. The summed E-state index contributed by atoms with van der Waals surface area (Å²) in [5, 5.41) is 8.43. The van der Waals surface area contributed by atoms with Gasteiger partial charge in [-0.25, -0.2) is 0 Å². The van der Waals surface area contributed by atoms with Gasteiger partial charge in [-0.2, -0.15) is 4.98 Å². The molecule has 134 valence electrons. The van der Waals surface area contributed by atoms with Crippen molar-refractivity contribution < 1.29 is 13.8 Å². The Hall–Kier alpha value is -2.51. The standard InChI is InChI=1S/C19H20N4O3/c1-2-5-13(6-3-1)18-14-11-23(9-8-15(14)25-22-18)12-17-20-19(26-21-17)16-7-4-10-24-16/h1-3,5-6,16H,4,7-12H2/t16-/m0/s1. The SMILES string of the molecule is c1ccc(-c2noc3c2CN(Cc2noc([C@@H]4CCCO4)n2)CC3)cc1. The fourth-order valence-corrected chi connectivity index (χ4v) is 3.66. The molecule has 7 nitrogen and oxygen atoms in total. The molecule has 1 aromatic carbocycles. The Balaban J connectivity index is 1.32. The molecule has 7 heteroatoms. The summed E-state index contributed by atoms with van der Waals surface area (Å²) in [5.41, 5.74) is 3.17. The quantitative estimate of drug-likeness (QED) is 0.714. The first-order valence-corrected chi connectivity index (χ1v) is 9.06. The molecule has 0 saturated carbocycles. The van der Waals surface area contributed by atoms with Gasteiger partial charge in [0.1, 0.15) is 17.6 Å². The summed E-state index contributed by atoms with van der Waals surface area (Å²) in [6, 6.07) is 10.2. The molecule has 0 bridgehead atoms. The Labute approximate surface area is 150 Å². The average molecular weight is 352 g/mol. The minimum absolute atomic E-state index is 0.0352. The van der Waals surface area contributed by atoms with Crippen LogP contribution in [0.3, 0.4) is 0 Å². The molecular formula is C19H20N4O3. The number of hydrogen-bond donors (Lipinski definition) is 0. The summed E-state index contributed by atoms with van der Waals surface area (Å²) >= 11 is 0. The van der Waals surface area contributed by atoms with E-state index in [-0.39, 0.29) is 6.10 Å². The van der Waals surface area contributed by atoms with Crippen LogP contribution in [0.25, 0.3) is 11.3 Å². The van der Waals surface area contributed by atoms with Crippen molar-refractivity contribution in [3.63, 3.8) is 0 Å². The lowest BCUT2D eigenvalue weighted by Gasteiger charge is -2.24. The normalized spacial score (nSPS) is 20.4. The molecule has 0 amide bonds. The maximum Gasteiger partial charge on any atom is 0.255 e. The predicted octanol–water partition coefficient (Wildman–Crippen LogP) is 3.13. The Morgan fingerprint density at radius 2 is 2.04 bits per heavy atom. The molecule has 5 rings (SSSR count).